The molecule has 1 fully saturated rings. The number of rotatable bonds is 5. The molecule has 5 nitrogen and oxygen atoms in total. The van der Waals surface area contributed by atoms with Crippen molar-refractivity contribution in [1.82, 2.24) is 19.7 Å². The molecule has 2 atom stereocenters. The van der Waals surface area contributed by atoms with Gasteiger partial charge in [0.1, 0.15) is 0 Å². The summed E-state index contributed by atoms with van der Waals surface area (Å²) in [5.41, 5.74) is 4.07. The van der Waals surface area contributed by atoms with Crippen LogP contribution in [0.2, 0.25) is 0 Å². The maximum absolute atomic E-state index is 12.9. The number of likely N-dealkylation sites (tertiary alicyclic amines) is 1. The molecular formula is C23H32N4OS. The number of carbonyl (C=O) groups is 1. The van der Waals surface area contributed by atoms with E-state index in [4.69, 9.17) is 0 Å². The SMILES string of the molecule is CCn1c(SCC(=O)N2[C@H](C)CCC[C@H]2C)nnc1-c1ccc2c(c1)CCCC2. The zero-order valence-electron chi connectivity index (χ0n) is 17.9. The van der Waals surface area contributed by atoms with Gasteiger partial charge in [0.2, 0.25) is 5.91 Å². The molecule has 0 saturated carbocycles. The summed E-state index contributed by atoms with van der Waals surface area (Å²) in [6.07, 6.45) is 8.34. The van der Waals surface area contributed by atoms with Crippen LogP contribution in [0, 0.1) is 0 Å². The molecule has 29 heavy (non-hydrogen) atoms. The van der Waals surface area contributed by atoms with Crippen molar-refractivity contribution in [2.24, 2.45) is 0 Å². The van der Waals surface area contributed by atoms with E-state index in [2.05, 4.69) is 58.6 Å². The molecule has 1 aromatic heterocycles. The van der Waals surface area contributed by atoms with E-state index in [1.54, 1.807) is 0 Å². The number of thioether (sulfide) groups is 1. The Morgan fingerprint density at radius 3 is 2.52 bits per heavy atom. The smallest absolute Gasteiger partial charge is 0.233 e. The molecule has 2 aromatic rings. The average Bonchev–Trinajstić information content (AvgIpc) is 3.14. The molecule has 1 aromatic carbocycles. The van der Waals surface area contributed by atoms with Crippen molar-refractivity contribution in [3.8, 4) is 11.4 Å². The molecule has 0 spiro atoms. The van der Waals surface area contributed by atoms with Gasteiger partial charge >= 0.3 is 0 Å². The van der Waals surface area contributed by atoms with Gasteiger partial charge in [-0.1, -0.05) is 23.9 Å². The highest BCUT2D eigenvalue weighted by molar-refractivity contribution is 7.99. The van der Waals surface area contributed by atoms with Crippen molar-refractivity contribution in [1.29, 1.82) is 0 Å². The van der Waals surface area contributed by atoms with Crippen molar-refractivity contribution in [2.75, 3.05) is 5.75 Å². The van der Waals surface area contributed by atoms with Crippen LogP contribution in [-0.2, 0) is 24.2 Å². The molecule has 1 saturated heterocycles. The van der Waals surface area contributed by atoms with E-state index in [-0.39, 0.29) is 5.91 Å². The van der Waals surface area contributed by atoms with Crippen molar-refractivity contribution in [2.45, 2.75) is 89.5 Å². The highest BCUT2D eigenvalue weighted by Gasteiger charge is 2.29. The molecular weight excluding hydrogens is 380 g/mol. The summed E-state index contributed by atoms with van der Waals surface area (Å²) < 4.78 is 2.14. The minimum absolute atomic E-state index is 0.218. The van der Waals surface area contributed by atoms with E-state index < -0.39 is 0 Å². The predicted octanol–water partition coefficient (Wildman–Crippen LogP) is 4.73. The van der Waals surface area contributed by atoms with Gasteiger partial charge in [0.05, 0.1) is 5.75 Å². The summed E-state index contributed by atoms with van der Waals surface area (Å²) in [5, 5.41) is 9.77. The minimum atomic E-state index is 0.218. The highest BCUT2D eigenvalue weighted by Crippen LogP contribution is 2.30. The van der Waals surface area contributed by atoms with E-state index in [1.807, 2.05) is 0 Å². The molecule has 0 radical (unpaired) electrons. The van der Waals surface area contributed by atoms with Gasteiger partial charge < -0.3 is 9.47 Å². The summed E-state index contributed by atoms with van der Waals surface area (Å²) in [7, 11) is 0. The Bertz CT molecular complexity index is 868. The molecule has 6 heteroatoms. The van der Waals surface area contributed by atoms with Crippen LogP contribution in [0.1, 0.15) is 64.0 Å². The molecule has 4 rings (SSSR count). The second kappa shape index (κ2) is 8.90. The lowest BCUT2D eigenvalue weighted by Crippen LogP contribution is -2.48. The third-order valence-electron chi connectivity index (χ3n) is 6.45. The summed E-state index contributed by atoms with van der Waals surface area (Å²) in [5.74, 6) is 1.56. The van der Waals surface area contributed by atoms with E-state index in [0.717, 1.165) is 42.4 Å². The number of benzene rings is 1. The third-order valence-corrected chi connectivity index (χ3v) is 7.40. The summed E-state index contributed by atoms with van der Waals surface area (Å²) >= 11 is 1.52. The Morgan fingerprint density at radius 2 is 1.79 bits per heavy atom. The number of hydrogen-bond acceptors (Lipinski definition) is 4. The first kappa shape index (κ1) is 20.5. The Morgan fingerprint density at radius 1 is 1.07 bits per heavy atom. The molecule has 0 bridgehead atoms. The molecule has 1 aliphatic heterocycles. The summed E-state index contributed by atoms with van der Waals surface area (Å²) in [6, 6.07) is 7.40. The number of aryl methyl sites for hydroxylation is 2. The molecule has 2 heterocycles. The van der Waals surface area contributed by atoms with E-state index in [0.29, 0.717) is 17.8 Å². The number of carbonyl (C=O) groups excluding carboxylic acids is 1. The van der Waals surface area contributed by atoms with Gasteiger partial charge in [-0.2, -0.15) is 0 Å². The molecule has 156 valence electrons. The molecule has 1 amide bonds. The number of fused-ring (bicyclic) bond motifs is 1. The van der Waals surface area contributed by atoms with Gasteiger partial charge in [0.25, 0.3) is 0 Å². The lowest BCUT2D eigenvalue weighted by molar-refractivity contribution is -0.134. The second-order valence-corrected chi connectivity index (χ2v) is 9.40. The van der Waals surface area contributed by atoms with Crippen molar-refractivity contribution < 1.29 is 4.79 Å². The standard InChI is InChI=1S/C23H32N4OS/c1-4-26-22(20-13-12-18-10-5-6-11-19(18)14-20)24-25-23(26)29-15-21(28)27-16(2)8-7-9-17(27)3/h12-14,16-17H,4-11,15H2,1-3H3/t16-,17-/m1/s1. The number of nitrogens with zero attached hydrogens (tertiary/aromatic N) is 4. The third kappa shape index (κ3) is 4.23. The van der Waals surface area contributed by atoms with Crippen molar-refractivity contribution in [3.05, 3.63) is 29.3 Å². The van der Waals surface area contributed by atoms with Crippen LogP contribution in [0.3, 0.4) is 0 Å². The zero-order valence-corrected chi connectivity index (χ0v) is 18.7. The Labute approximate surface area is 178 Å². The largest absolute Gasteiger partial charge is 0.337 e. The van der Waals surface area contributed by atoms with Crippen molar-refractivity contribution in [3.63, 3.8) is 0 Å². The minimum Gasteiger partial charge on any atom is -0.337 e. The summed E-state index contributed by atoms with van der Waals surface area (Å²) in [4.78, 5) is 15.0. The van der Waals surface area contributed by atoms with Gasteiger partial charge in [0, 0.05) is 24.2 Å². The number of piperidine rings is 1. The lowest BCUT2D eigenvalue weighted by Gasteiger charge is -2.39. The number of aromatic nitrogens is 3. The predicted molar refractivity (Wildman–Crippen MR) is 118 cm³/mol. The van der Waals surface area contributed by atoms with Crippen LogP contribution in [0.4, 0.5) is 0 Å². The van der Waals surface area contributed by atoms with E-state index >= 15 is 0 Å². The maximum Gasteiger partial charge on any atom is 0.233 e. The van der Waals surface area contributed by atoms with Gasteiger partial charge in [-0.05, 0) is 82.9 Å². The molecule has 0 unspecified atom stereocenters. The molecule has 1 aliphatic carbocycles. The van der Waals surface area contributed by atoms with Crippen LogP contribution in [-0.4, -0.2) is 43.4 Å². The Hall–Kier alpha value is -1.82. The van der Waals surface area contributed by atoms with E-state index in [9.17, 15) is 4.79 Å². The Kier molecular flexibility index (Phi) is 6.28. The van der Waals surface area contributed by atoms with Crippen LogP contribution >= 0.6 is 11.8 Å². The van der Waals surface area contributed by atoms with Crippen molar-refractivity contribution >= 4 is 17.7 Å². The van der Waals surface area contributed by atoms with Gasteiger partial charge in [-0.25, -0.2) is 0 Å². The topological polar surface area (TPSA) is 51.0 Å². The fourth-order valence-electron chi connectivity index (χ4n) is 4.88. The van der Waals surface area contributed by atoms with Crippen LogP contribution < -0.4 is 0 Å². The number of amides is 1. The Balaban J connectivity index is 1.50. The van der Waals surface area contributed by atoms with Crippen LogP contribution in [0.25, 0.3) is 11.4 Å². The normalized spacial score (nSPS) is 21.8. The van der Waals surface area contributed by atoms with Gasteiger partial charge in [0.15, 0.2) is 11.0 Å². The first-order valence-corrected chi connectivity index (χ1v) is 12.1. The first-order valence-electron chi connectivity index (χ1n) is 11.1. The van der Waals surface area contributed by atoms with Crippen LogP contribution in [0.5, 0.6) is 0 Å². The van der Waals surface area contributed by atoms with Gasteiger partial charge in [-0.3, -0.25) is 4.79 Å². The average molecular weight is 413 g/mol. The fourth-order valence-corrected chi connectivity index (χ4v) is 5.75. The zero-order chi connectivity index (χ0) is 20.4. The molecule has 0 N–H and O–H groups in total. The summed E-state index contributed by atoms with van der Waals surface area (Å²) in [6.45, 7) is 7.25. The highest BCUT2D eigenvalue weighted by atomic mass is 32.2. The monoisotopic (exact) mass is 412 g/mol. The molecule has 2 aliphatic rings. The van der Waals surface area contributed by atoms with Gasteiger partial charge in [-0.15, -0.1) is 10.2 Å². The maximum atomic E-state index is 12.9. The number of hydrogen-bond donors (Lipinski definition) is 0. The second-order valence-electron chi connectivity index (χ2n) is 8.46. The first-order chi connectivity index (χ1) is 14.1. The van der Waals surface area contributed by atoms with Crippen LogP contribution in [0.15, 0.2) is 23.4 Å². The lowest BCUT2D eigenvalue weighted by atomic mass is 9.90. The fraction of sp³-hybridized carbons (Fsp3) is 0.609. The quantitative estimate of drug-likeness (QED) is 0.667. The van der Waals surface area contributed by atoms with E-state index in [1.165, 1.54) is 48.6 Å².